The normalized spacial score (nSPS) is 14.5. The highest BCUT2D eigenvalue weighted by molar-refractivity contribution is 5.87. The van der Waals surface area contributed by atoms with E-state index in [0.717, 1.165) is 19.4 Å². The molecule has 1 atom stereocenters. The van der Waals surface area contributed by atoms with E-state index in [4.69, 9.17) is 0 Å². The van der Waals surface area contributed by atoms with E-state index in [0.29, 0.717) is 12.5 Å². The summed E-state index contributed by atoms with van der Waals surface area (Å²) in [4.78, 5) is 12.9. The Bertz CT molecular complexity index is 1200. The smallest absolute Gasteiger partial charge is 0.221 e. The van der Waals surface area contributed by atoms with Crippen molar-refractivity contribution < 1.29 is 4.79 Å². The van der Waals surface area contributed by atoms with Crippen molar-refractivity contribution in [3.8, 4) is 0 Å². The molecule has 3 nitrogen and oxygen atoms in total. The summed E-state index contributed by atoms with van der Waals surface area (Å²) in [7, 11) is 0. The first kappa shape index (κ1) is 19.6. The molecule has 1 aliphatic carbocycles. The zero-order chi connectivity index (χ0) is 21.2. The van der Waals surface area contributed by atoms with Gasteiger partial charge < -0.3 is 9.88 Å². The Morgan fingerprint density at radius 2 is 1.77 bits per heavy atom. The van der Waals surface area contributed by atoms with Crippen molar-refractivity contribution in [2.45, 2.75) is 44.7 Å². The van der Waals surface area contributed by atoms with Crippen LogP contribution in [0.5, 0.6) is 0 Å². The molecule has 0 aliphatic heterocycles. The van der Waals surface area contributed by atoms with E-state index in [1.165, 1.54) is 33.2 Å². The van der Waals surface area contributed by atoms with Gasteiger partial charge >= 0.3 is 0 Å². The van der Waals surface area contributed by atoms with Crippen LogP contribution in [-0.2, 0) is 11.3 Å². The highest BCUT2D eigenvalue weighted by Crippen LogP contribution is 2.35. The van der Waals surface area contributed by atoms with Gasteiger partial charge in [0.25, 0.3) is 0 Å². The van der Waals surface area contributed by atoms with Crippen molar-refractivity contribution in [3.05, 3.63) is 107 Å². The fourth-order valence-corrected chi connectivity index (χ4v) is 4.46. The largest absolute Gasteiger partial charge is 0.353 e. The van der Waals surface area contributed by atoms with Crippen molar-refractivity contribution in [2.75, 3.05) is 0 Å². The average molecular weight is 409 g/mol. The second-order valence-corrected chi connectivity index (χ2v) is 8.73. The molecule has 5 rings (SSSR count). The molecule has 3 aromatic carbocycles. The lowest BCUT2D eigenvalue weighted by Gasteiger charge is -2.18. The van der Waals surface area contributed by atoms with Crippen LogP contribution in [0.15, 0.2) is 85.1 Å². The number of hydrogen-bond acceptors (Lipinski definition) is 1. The number of para-hydroxylation sites is 1. The standard InChI is InChI=1S/C28H28N2O/c1-20-8-7-11-22(16-20)25(17-28(31)29-23-14-15-23)26-19-30(18-21-9-3-2-4-10-21)27-13-6-5-12-24(26)27/h2-13,16,19,23,25H,14-15,17-18H2,1H3,(H,29,31). The third-order valence-corrected chi connectivity index (χ3v) is 6.17. The summed E-state index contributed by atoms with van der Waals surface area (Å²) in [6.07, 6.45) is 4.95. The van der Waals surface area contributed by atoms with Gasteiger partial charge in [0.05, 0.1) is 0 Å². The second kappa shape index (κ2) is 8.43. The number of amides is 1. The van der Waals surface area contributed by atoms with Crippen molar-refractivity contribution in [2.24, 2.45) is 0 Å². The van der Waals surface area contributed by atoms with Crippen LogP contribution in [0.3, 0.4) is 0 Å². The highest BCUT2D eigenvalue weighted by Gasteiger charge is 2.27. The maximum absolute atomic E-state index is 12.9. The molecule has 1 aromatic heterocycles. The van der Waals surface area contributed by atoms with Crippen LogP contribution in [0.2, 0.25) is 0 Å². The molecule has 156 valence electrons. The molecule has 1 heterocycles. The summed E-state index contributed by atoms with van der Waals surface area (Å²) in [5.74, 6) is 0.175. The van der Waals surface area contributed by atoms with E-state index in [2.05, 4.69) is 102 Å². The van der Waals surface area contributed by atoms with Gasteiger partial charge in [-0.15, -0.1) is 0 Å². The number of fused-ring (bicyclic) bond motifs is 1. The Balaban J connectivity index is 1.57. The minimum Gasteiger partial charge on any atom is -0.353 e. The van der Waals surface area contributed by atoms with E-state index in [1.807, 2.05) is 0 Å². The molecule has 0 bridgehead atoms. The minimum absolute atomic E-state index is 0.0283. The molecule has 31 heavy (non-hydrogen) atoms. The predicted octanol–water partition coefficient (Wildman–Crippen LogP) is 5.80. The van der Waals surface area contributed by atoms with Gasteiger partial charge in [0.15, 0.2) is 0 Å². The third-order valence-electron chi connectivity index (χ3n) is 6.17. The number of aryl methyl sites for hydroxylation is 1. The molecular weight excluding hydrogens is 380 g/mol. The predicted molar refractivity (Wildman–Crippen MR) is 126 cm³/mol. The number of nitrogens with zero attached hydrogens (tertiary/aromatic N) is 1. The number of benzene rings is 3. The van der Waals surface area contributed by atoms with Gasteiger partial charge in [-0.1, -0.05) is 78.4 Å². The van der Waals surface area contributed by atoms with E-state index < -0.39 is 0 Å². The van der Waals surface area contributed by atoms with Crippen LogP contribution >= 0.6 is 0 Å². The first-order valence-corrected chi connectivity index (χ1v) is 11.1. The Morgan fingerprint density at radius 1 is 1.00 bits per heavy atom. The maximum atomic E-state index is 12.9. The average Bonchev–Trinajstić information content (AvgIpc) is 3.53. The summed E-state index contributed by atoms with van der Waals surface area (Å²) in [6, 6.07) is 28.1. The summed E-state index contributed by atoms with van der Waals surface area (Å²) < 4.78 is 2.32. The molecule has 3 heteroatoms. The first-order chi connectivity index (χ1) is 15.2. The minimum atomic E-state index is 0.0283. The van der Waals surface area contributed by atoms with Crippen LogP contribution in [0.1, 0.15) is 47.4 Å². The SMILES string of the molecule is Cc1cccc(C(CC(=O)NC2CC2)c2cn(Cc3ccccc3)c3ccccc23)c1. The highest BCUT2D eigenvalue weighted by atomic mass is 16.1. The molecule has 0 spiro atoms. The van der Waals surface area contributed by atoms with Crippen LogP contribution in [0.25, 0.3) is 10.9 Å². The number of nitrogens with one attached hydrogen (secondary N) is 1. The fourth-order valence-electron chi connectivity index (χ4n) is 4.46. The van der Waals surface area contributed by atoms with Gasteiger partial charge in [-0.25, -0.2) is 0 Å². The number of hydrogen-bond donors (Lipinski definition) is 1. The molecule has 0 radical (unpaired) electrons. The lowest BCUT2D eigenvalue weighted by atomic mass is 9.87. The molecule has 1 amide bonds. The van der Waals surface area contributed by atoms with Gasteiger partial charge in [0.1, 0.15) is 0 Å². The zero-order valence-corrected chi connectivity index (χ0v) is 17.9. The van der Waals surface area contributed by atoms with Gasteiger partial charge in [-0.3, -0.25) is 4.79 Å². The van der Waals surface area contributed by atoms with E-state index in [-0.39, 0.29) is 11.8 Å². The molecule has 4 aromatic rings. The van der Waals surface area contributed by atoms with Crippen LogP contribution < -0.4 is 5.32 Å². The summed E-state index contributed by atoms with van der Waals surface area (Å²) >= 11 is 0. The van der Waals surface area contributed by atoms with Crippen molar-refractivity contribution in [3.63, 3.8) is 0 Å². The number of aromatic nitrogens is 1. The molecule has 1 fully saturated rings. The number of carbonyl (C=O) groups is 1. The molecule has 0 saturated heterocycles. The van der Waals surface area contributed by atoms with E-state index >= 15 is 0 Å². The summed E-state index contributed by atoms with van der Waals surface area (Å²) in [5.41, 5.74) is 6.13. The fraction of sp³-hybridized carbons (Fsp3) is 0.250. The zero-order valence-electron chi connectivity index (χ0n) is 17.9. The van der Waals surface area contributed by atoms with Crippen molar-refractivity contribution >= 4 is 16.8 Å². The van der Waals surface area contributed by atoms with E-state index in [9.17, 15) is 4.79 Å². The number of rotatable bonds is 7. The lowest BCUT2D eigenvalue weighted by Crippen LogP contribution is -2.27. The molecular formula is C28H28N2O. The van der Waals surface area contributed by atoms with Gasteiger partial charge in [0, 0.05) is 42.0 Å². The van der Waals surface area contributed by atoms with Crippen LogP contribution in [0.4, 0.5) is 0 Å². The summed E-state index contributed by atoms with van der Waals surface area (Å²) in [5, 5.41) is 4.41. The molecule has 1 saturated carbocycles. The Morgan fingerprint density at radius 3 is 2.55 bits per heavy atom. The first-order valence-electron chi connectivity index (χ1n) is 11.1. The number of carbonyl (C=O) groups excluding carboxylic acids is 1. The Hall–Kier alpha value is -3.33. The lowest BCUT2D eigenvalue weighted by molar-refractivity contribution is -0.121. The van der Waals surface area contributed by atoms with Gasteiger partial charge in [-0.2, -0.15) is 0 Å². The monoisotopic (exact) mass is 408 g/mol. The van der Waals surface area contributed by atoms with E-state index in [1.54, 1.807) is 0 Å². The second-order valence-electron chi connectivity index (χ2n) is 8.73. The van der Waals surface area contributed by atoms with Crippen molar-refractivity contribution in [1.82, 2.24) is 9.88 Å². The summed E-state index contributed by atoms with van der Waals surface area (Å²) in [6.45, 7) is 2.93. The van der Waals surface area contributed by atoms with Crippen molar-refractivity contribution in [1.29, 1.82) is 0 Å². The topological polar surface area (TPSA) is 34.0 Å². The van der Waals surface area contributed by atoms with Gasteiger partial charge in [0.2, 0.25) is 5.91 Å². The molecule has 1 N–H and O–H groups in total. The molecule has 1 aliphatic rings. The third kappa shape index (κ3) is 4.41. The van der Waals surface area contributed by atoms with Crippen LogP contribution in [-0.4, -0.2) is 16.5 Å². The quantitative estimate of drug-likeness (QED) is 0.412. The maximum Gasteiger partial charge on any atom is 0.221 e. The molecule has 1 unspecified atom stereocenters. The van der Waals surface area contributed by atoms with Crippen LogP contribution in [0, 0.1) is 6.92 Å². The van der Waals surface area contributed by atoms with Gasteiger partial charge in [-0.05, 0) is 42.5 Å². The Kier molecular flexibility index (Phi) is 5.33. The Labute approximate surface area is 183 Å².